The second kappa shape index (κ2) is 4.45. The van der Waals surface area contributed by atoms with Crippen molar-refractivity contribution >= 4 is 17.4 Å². The highest BCUT2D eigenvalue weighted by Crippen LogP contribution is 2.25. The highest BCUT2D eigenvalue weighted by Gasteiger charge is 2.39. The fraction of sp³-hybridized carbons (Fsp3) is 0.556. The van der Waals surface area contributed by atoms with Gasteiger partial charge in [-0.2, -0.15) is 18.3 Å². The second-order valence-corrected chi connectivity index (χ2v) is 3.66. The highest BCUT2D eigenvalue weighted by molar-refractivity contribution is 6.32. The fourth-order valence-electron chi connectivity index (χ4n) is 1.26. The molecule has 3 nitrogen and oxygen atoms in total. The van der Waals surface area contributed by atoms with Gasteiger partial charge in [-0.3, -0.25) is 9.48 Å². The number of halogens is 4. The van der Waals surface area contributed by atoms with E-state index in [0.29, 0.717) is 12.1 Å². The second-order valence-electron chi connectivity index (χ2n) is 3.28. The summed E-state index contributed by atoms with van der Waals surface area (Å²) in [5, 5.41) is 4.07. The van der Waals surface area contributed by atoms with Gasteiger partial charge in [0, 0.05) is 7.05 Å². The van der Waals surface area contributed by atoms with Gasteiger partial charge in [0.25, 0.3) is 0 Å². The molecule has 7 heteroatoms. The maximum Gasteiger partial charge on any atom is 0.450 e. The van der Waals surface area contributed by atoms with Crippen LogP contribution in [0.1, 0.15) is 18.3 Å². The molecule has 0 saturated heterocycles. The van der Waals surface area contributed by atoms with Crippen LogP contribution >= 0.6 is 11.6 Å². The summed E-state index contributed by atoms with van der Waals surface area (Å²) in [7, 11) is 1.46. The lowest BCUT2D eigenvalue weighted by atomic mass is 10.2. The summed E-state index contributed by atoms with van der Waals surface area (Å²) in [5.41, 5.74) is 0.593. The third kappa shape index (κ3) is 2.55. The number of ketones is 1. The molecule has 0 atom stereocenters. The molecule has 1 heterocycles. The molecule has 0 radical (unpaired) electrons. The molecule has 0 aliphatic rings. The molecule has 0 aliphatic carbocycles. The number of Topliss-reactive ketones (excluding diaryl/α,β-unsaturated/α-hetero) is 1. The van der Waals surface area contributed by atoms with Crippen LogP contribution in [-0.4, -0.2) is 21.7 Å². The number of alkyl halides is 3. The number of carbonyl (C=O) groups is 1. The number of aryl methyl sites for hydroxylation is 2. The van der Waals surface area contributed by atoms with Crippen molar-refractivity contribution in [2.75, 3.05) is 0 Å². The average Bonchev–Trinajstić information content (AvgIpc) is 2.43. The quantitative estimate of drug-likeness (QED) is 0.830. The Hall–Kier alpha value is -1.04. The van der Waals surface area contributed by atoms with E-state index in [2.05, 4.69) is 5.10 Å². The van der Waals surface area contributed by atoms with Gasteiger partial charge < -0.3 is 0 Å². The first-order valence-corrected chi connectivity index (χ1v) is 4.95. The van der Waals surface area contributed by atoms with E-state index >= 15 is 0 Å². The summed E-state index contributed by atoms with van der Waals surface area (Å²) in [4.78, 5) is 10.8. The smallest absolute Gasteiger partial charge is 0.289 e. The summed E-state index contributed by atoms with van der Waals surface area (Å²) in [5.74, 6) is -1.82. The highest BCUT2D eigenvalue weighted by atomic mass is 35.5. The van der Waals surface area contributed by atoms with Gasteiger partial charge in [0.15, 0.2) is 0 Å². The Kier molecular flexibility index (Phi) is 3.62. The van der Waals surface area contributed by atoms with E-state index in [4.69, 9.17) is 11.6 Å². The predicted octanol–water partition coefficient (Wildman–Crippen LogP) is 2.31. The van der Waals surface area contributed by atoms with Crippen LogP contribution in [0.3, 0.4) is 0 Å². The summed E-state index contributed by atoms with van der Waals surface area (Å²) >= 11 is 5.82. The summed E-state index contributed by atoms with van der Waals surface area (Å²) < 4.78 is 37.4. The van der Waals surface area contributed by atoms with Gasteiger partial charge in [-0.05, 0) is 6.42 Å². The van der Waals surface area contributed by atoms with Gasteiger partial charge in [0.2, 0.25) is 5.78 Å². The Bertz CT molecular complexity index is 412. The maximum absolute atomic E-state index is 12.1. The standard InChI is InChI=1S/C9H10ClF3N2O/c1-3-5-8(10)6(15(2)14-5)4-7(16)9(11,12)13/h3-4H2,1-2H3. The van der Waals surface area contributed by atoms with E-state index in [1.54, 1.807) is 6.92 Å². The molecule has 0 saturated carbocycles. The molecule has 0 unspecified atom stereocenters. The number of nitrogens with zero attached hydrogens (tertiary/aromatic N) is 2. The number of hydrogen-bond donors (Lipinski definition) is 0. The minimum atomic E-state index is -4.83. The zero-order chi connectivity index (χ0) is 12.5. The third-order valence-corrected chi connectivity index (χ3v) is 2.58. The first-order valence-electron chi connectivity index (χ1n) is 4.57. The third-order valence-electron chi connectivity index (χ3n) is 2.15. The average molecular weight is 255 g/mol. The summed E-state index contributed by atoms with van der Waals surface area (Å²) in [6.07, 6.45) is -5.10. The molecule has 1 aromatic rings. The van der Waals surface area contributed by atoms with Crippen LogP contribution in [0, 0.1) is 0 Å². The molecular weight excluding hydrogens is 245 g/mol. The van der Waals surface area contributed by atoms with Crippen LogP contribution in [0.5, 0.6) is 0 Å². The number of hydrogen-bond acceptors (Lipinski definition) is 2. The van der Waals surface area contributed by atoms with Gasteiger partial charge in [0.05, 0.1) is 22.8 Å². The Labute approximate surface area is 95.2 Å². The minimum absolute atomic E-state index is 0.0980. The van der Waals surface area contributed by atoms with Gasteiger partial charge in [-0.1, -0.05) is 18.5 Å². The van der Waals surface area contributed by atoms with Crippen molar-refractivity contribution in [2.24, 2.45) is 7.05 Å². The molecule has 16 heavy (non-hydrogen) atoms. The largest absolute Gasteiger partial charge is 0.450 e. The maximum atomic E-state index is 12.1. The van der Waals surface area contributed by atoms with Crippen molar-refractivity contribution in [3.05, 3.63) is 16.4 Å². The lowest BCUT2D eigenvalue weighted by Crippen LogP contribution is -2.25. The molecule has 0 spiro atoms. The van der Waals surface area contributed by atoms with Crippen LogP contribution in [0.25, 0.3) is 0 Å². The summed E-state index contributed by atoms with van der Waals surface area (Å²) in [6.45, 7) is 1.78. The van der Waals surface area contributed by atoms with Gasteiger partial charge in [-0.25, -0.2) is 0 Å². The topological polar surface area (TPSA) is 34.9 Å². The fourth-order valence-corrected chi connectivity index (χ4v) is 1.62. The molecule has 0 fully saturated rings. The van der Waals surface area contributed by atoms with Gasteiger partial charge in [-0.15, -0.1) is 0 Å². The predicted molar refractivity (Wildman–Crippen MR) is 52.4 cm³/mol. The van der Waals surface area contributed by atoms with Gasteiger partial charge in [0.1, 0.15) is 0 Å². The van der Waals surface area contributed by atoms with Crippen LogP contribution < -0.4 is 0 Å². The number of aromatic nitrogens is 2. The van der Waals surface area contributed by atoms with E-state index in [-0.39, 0.29) is 10.7 Å². The number of carbonyl (C=O) groups excluding carboxylic acids is 1. The first kappa shape index (κ1) is 13.0. The zero-order valence-corrected chi connectivity index (χ0v) is 9.48. The van der Waals surface area contributed by atoms with Crippen LogP contribution in [-0.2, 0) is 24.7 Å². The Morgan fingerprint density at radius 3 is 2.44 bits per heavy atom. The van der Waals surface area contributed by atoms with E-state index < -0.39 is 18.4 Å². The monoisotopic (exact) mass is 254 g/mol. The lowest BCUT2D eigenvalue weighted by molar-refractivity contribution is -0.170. The number of rotatable bonds is 3. The Morgan fingerprint density at radius 2 is 2.06 bits per heavy atom. The molecular formula is C9H10ClF3N2O. The normalized spacial score (nSPS) is 11.9. The molecule has 0 aliphatic heterocycles. The lowest BCUT2D eigenvalue weighted by Gasteiger charge is -2.05. The van der Waals surface area contributed by atoms with Crippen molar-refractivity contribution in [3.63, 3.8) is 0 Å². The van der Waals surface area contributed by atoms with E-state index in [1.807, 2.05) is 0 Å². The van der Waals surface area contributed by atoms with E-state index in [9.17, 15) is 18.0 Å². The molecule has 0 bridgehead atoms. The van der Waals surface area contributed by atoms with Crippen LogP contribution in [0.2, 0.25) is 5.02 Å². The molecule has 90 valence electrons. The molecule has 0 N–H and O–H groups in total. The van der Waals surface area contributed by atoms with E-state index in [0.717, 1.165) is 0 Å². The molecule has 0 amide bonds. The van der Waals surface area contributed by atoms with Crippen LogP contribution in [0.15, 0.2) is 0 Å². The van der Waals surface area contributed by atoms with Crippen molar-refractivity contribution in [1.82, 2.24) is 9.78 Å². The minimum Gasteiger partial charge on any atom is -0.289 e. The van der Waals surface area contributed by atoms with Gasteiger partial charge >= 0.3 is 6.18 Å². The van der Waals surface area contributed by atoms with Crippen molar-refractivity contribution in [2.45, 2.75) is 25.9 Å². The first-order chi connectivity index (χ1) is 7.27. The van der Waals surface area contributed by atoms with Crippen LogP contribution in [0.4, 0.5) is 13.2 Å². The van der Waals surface area contributed by atoms with Crippen molar-refractivity contribution in [3.8, 4) is 0 Å². The molecule has 1 rings (SSSR count). The Balaban J connectivity index is 2.98. The SMILES string of the molecule is CCc1nn(C)c(CC(=O)C(F)(F)F)c1Cl. The Morgan fingerprint density at radius 1 is 1.50 bits per heavy atom. The molecule has 1 aromatic heterocycles. The van der Waals surface area contributed by atoms with E-state index in [1.165, 1.54) is 11.7 Å². The van der Waals surface area contributed by atoms with Crippen molar-refractivity contribution in [1.29, 1.82) is 0 Å². The summed E-state index contributed by atoms with van der Waals surface area (Å²) in [6, 6.07) is 0. The van der Waals surface area contributed by atoms with Crippen molar-refractivity contribution < 1.29 is 18.0 Å². The molecule has 0 aromatic carbocycles. The zero-order valence-electron chi connectivity index (χ0n) is 8.73.